The molecule has 0 aliphatic rings. The summed E-state index contributed by atoms with van der Waals surface area (Å²) in [6.07, 6.45) is 0. The summed E-state index contributed by atoms with van der Waals surface area (Å²) in [6.45, 7) is 19.5. The summed E-state index contributed by atoms with van der Waals surface area (Å²) < 4.78 is 76.6. The van der Waals surface area contributed by atoms with Crippen LogP contribution in [0.4, 0.5) is 17.6 Å². The third kappa shape index (κ3) is 10.2. The van der Waals surface area contributed by atoms with Crippen molar-refractivity contribution in [3.63, 3.8) is 0 Å². The molecule has 0 spiro atoms. The molecule has 0 fully saturated rings. The van der Waals surface area contributed by atoms with Crippen molar-refractivity contribution in [2.45, 2.75) is 27.7 Å². The van der Waals surface area contributed by atoms with Crippen LogP contribution in [0.1, 0.15) is 27.7 Å². The van der Waals surface area contributed by atoms with Gasteiger partial charge in [-0.3, -0.25) is 0 Å². The van der Waals surface area contributed by atoms with Crippen molar-refractivity contribution >= 4 is 23.9 Å². The summed E-state index contributed by atoms with van der Waals surface area (Å²) in [5.41, 5.74) is 1.25. The van der Waals surface area contributed by atoms with E-state index in [0.29, 0.717) is 22.6 Å². The van der Waals surface area contributed by atoms with Gasteiger partial charge in [0.25, 0.3) is 0 Å². The van der Waals surface area contributed by atoms with E-state index in [1.165, 1.54) is 13.8 Å². The van der Waals surface area contributed by atoms with Crippen molar-refractivity contribution in [2.24, 2.45) is 0 Å². The van der Waals surface area contributed by atoms with Crippen molar-refractivity contribution in [3.8, 4) is 45.3 Å². The molecule has 0 aliphatic heterocycles. The first-order valence-corrected chi connectivity index (χ1v) is 15.1. The largest absolute Gasteiger partial charge is 0.423 e. The summed E-state index contributed by atoms with van der Waals surface area (Å²) >= 11 is 0. The van der Waals surface area contributed by atoms with Gasteiger partial charge < -0.3 is 18.9 Å². The molecule has 4 rings (SSSR count). The molecule has 12 heteroatoms. The minimum absolute atomic E-state index is 0.0445. The molecule has 0 bridgehead atoms. The third-order valence-corrected chi connectivity index (χ3v) is 6.65. The average Bonchev–Trinajstić information content (AvgIpc) is 3.10. The number of carbonyl (C=O) groups excluding carboxylic acids is 4. The van der Waals surface area contributed by atoms with Crippen LogP contribution in [0.2, 0.25) is 0 Å². The number of halogens is 4. The number of rotatable bonds is 10. The standard InChI is InChI=1S/C20H14F4O4.C20H18O4/c1-9(2)19(25)27-13-7-5-11(15(21)17(13)23)12-6-8-14(18(24)16(12)22)28-20(26)10(3)4;1-13(2)19(21)23-17-9-5-15(6-10-17)16-7-11-18(12-8-16)24-20(22)14(3)4/h5-8H,1,3H2,2,4H3;5-12H,1,3H2,2,4H3. The van der Waals surface area contributed by atoms with E-state index in [1.807, 2.05) is 24.3 Å². The monoisotopic (exact) mass is 716 g/mol. The summed E-state index contributed by atoms with van der Waals surface area (Å²) in [5, 5.41) is 0. The highest BCUT2D eigenvalue weighted by Crippen LogP contribution is 2.35. The van der Waals surface area contributed by atoms with E-state index < -0.39 is 69.8 Å². The molecule has 0 amide bonds. The molecule has 0 saturated heterocycles. The fraction of sp³-hybridized carbons (Fsp3) is 0.100. The van der Waals surface area contributed by atoms with E-state index in [9.17, 15) is 36.7 Å². The van der Waals surface area contributed by atoms with Gasteiger partial charge in [-0.1, -0.05) is 50.6 Å². The van der Waals surface area contributed by atoms with Crippen LogP contribution >= 0.6 is 0 Å². The van der Waals surface area contributed by atoms with Crippen molar-refractivity contribution in [1.82, 2.24) is 0 Å². The van der Waals surface area contributed by atoms with Crippen molar-refractivity contribution in [3.05, 3.63) is 145 Å². The normalized spacial score (nSPS) is 10.2. The van der Waals surface area contributed by atoms with Crippen LogP contribution in [0.3, 0.4) is 0 Å². The minimum atomic E-state index is -1.57. The Bertz CT molecular complexity index is 1950. The quantitative estimate of drug-likeness (QED) is 0.0693. The Kier molecular flexibility index (Phi) is 13.3. The molecule has 4 aromatic carbocycles. The molecule has 0 aliphatic carbocycles. The van der Waals surface area contributed by atoms with Crippen LogP contribution in [0.25, 0.3) is 22.3 Å². The Hall–Kier alpha value is -6.56. The molecule has 0 radical (unpaired) electrons. The van der Waals surface area contributed by atoms with Crippen LogP contribution in [0.15, 0.2) is 121 Å². The molecule has 0 atom stereocenters. The van der Waals surface area contributed by atoms with E-state index in [1.54, 1.807) is 38.1 Å². The molecular weight excluding hydrogens is 684 g/mol. The van der Waals surface area contributed by atoms with Gasteiger partial charge in [0.15, 0.2) is 23.1 Å². The van der Waals surface area contributed by atoms with Gasteiger partial charge in [-0.25, -0.2) is 28.0 Å². The molecule has 0 saturated carbocycles. The first-order valence-electron chi connectivity index (χ1n) is 15.1. The second-order valence-corrected chi connectivity index (χ2v) is 11.2. The van der Waals surface area contributed by atoms with Crippen molar-refractivity contribution in [1.29, 1.82) is 0 Å². The molecule has 8 nitrogen and oxygen atoms in total. The van der Waals surface area contributed by atoms with Crippen LogP contribution < -0.4 is 18.9 Å². The second-order valence-electron chi connectivity index (χ2n) is 11.2. The fourth-order valence-corrected chi connectivity index (χ4v) is 3.83. The average molecular weight is 717 g/mol. The van der Waals surface area contributed by atoms with Gasteiger partial charge in [0, 0.05) is 33.4 Å². The van der Waals surface area contributed by atoms with E-state index in [-0.39, 0.29) is 11.1 Å². The molecule has 268 valence electrons. The van der Waals surface area contributed by atoms with Crippen LogP contribution in [0, 0.1) is 23.3 Å². The highest BCUT2D eigenvalue weighted by atomic mass is 19.2. The van der Waals surface area contributed by atoms with Gasteiger partial charge in [-0.15, -0.1) is 0 Å². The summed E-state index contributed by atoms with van der Waals surface area (Å²) in [7, 11) is 0. The lowest BCUT2D eigenvalue weighted by Gasteiger charge is -2.12. The first kappa shape index (κ1) is 39.9. The molecule has 4 aromatic rings. The van der Waals surface area contributed by atoms with E-state index >= 15 is 0 Å². The number of benzene rings is 4. The summed E-state index contributed by atoms with van der Waals surface area (Å²) in [5.74, 6) is -9.66. The number of carbonyl (C=O) groups is 4. The zero-order valence-corrected chi connectivity index (χ0v) is 28.5. The lowest BCUT2D eigenvalue weighted by molar-refractivity contribution is -0.131. The summed E-state index contributed by atoms with van der Waals surface area (Å²) in [6, 6.07) is 17.8. The van der Waals surface area contributed by atoms with Gasteiger partial charge >= 0.3 is 23.9 Å². The molecule has 0 unspecified atom stereocenters. The molecule has 52 heavy (non-hydrogen) atoms. The minimum Gasteiger partial charge on any atom is -0.423 e. The van der Waals surface area contributed by atoms with Crippen LogP contribution in [-0.2, 0) is 19.2 Å². The van der Waals surface area contributed by atoms with Gasteiger partial charge in [-0.2, -0.15) is 8.78 Å². The molecule has 0 aromatic heterocycles. The third-order valence-electron chi connectivity index (χ3n) is 6.65. The summed E-state index contributed by atoms with van der Waals surface area (Å²) in [4.78, 5) is 45.8. The van der Waals surface area contributed by atoms with Gasteiger partial charge in [0.2, 0.25) is 11.6 Å². The molecule has 0 N–H and O–H groups in total. The SMILES string of the molecule is C=C(C)C(=O)Oc1ccc(-c2ccc(OC(=O)C(=C)C)c(F)c2F)c(F)c1F.C=C(C)C(=O)Oc1ccc(-c2ccc(OC(=O)C(=C)C)cc2)cc1. The highest BCUT2D eigenvalue weighted by molar-refractivity contribution is 5.90. The predicted octanol–water partition coefficient (Wildman–Crippen LogP) is 9.19. The van der Waals surface area contributed by atoms with E-state index in [0.717, 1.165) is 35.4 Å². The van der Waals surface area contributed by atoms with Crippen LogP contribution in [-0.4, -0.2) is 23.9 Å². The number of hydrogen-bond donors (Lipinski definition) is 0. The Balaban J connectivity index is 0.000000284. The maximum atomic E-state index is 14.4. The zero-order valence-electron chi connectivity index (χ0n) is 28.5. The van der Waals surface area contributed by atoms with Gasteiger partial charge in [0.1, 0.15) is 11.5 Å². The number of esters is 4. The second kappa shape index (κ2) is 17.4. The molecule has 0 heterocycles. The van der Waals surface area contributed by atoms with E-state index in [2.05, 4.69) is 35.8 Å². The number of ether oxygens (including phenoxy) is 4. The smallest absolute Gasteiger partial charge is 0.338 e. The Morgan fingerprint density at radius 2 is 0.673 bits per heavy atom. The lowest BCUT2D eigenvalue weighted by Crippen LogP contribution is -2.11. The van der Waals surface area contributed by atoms with Crippen molar-refractivity contribution in [2.75, 3.05) is 0 Å². The molecular formula is C40H32F4O8. The zero-order chi connectivity index (χ0) is 38.9. The lowest BCUT2D eigenvalue weighted by atomic mass is 10.0. The van der Waals surface area contributed by atoms with Gasteiger partial charge in [-0.05, 0) is 87.4 Å². The van der Waals surface area contributed by atoms with Crippen molar-refractivity contribution < 1.29 is 55.7 Å². The fourth-order valence-electron chi connectivity index (χ4n) is 3.83. The number of hydrogen-bond acceptors (Lipinski definition) is 8. The van der Waals surface area contributed by atoms with Gasteiger partial charge in [0.05, 0.1) is 0 Å². The van der Waals surface area contributed by atoms with E-state index in [4.69, 9.17) is 9.47 Å². The van der Waals surface area contributed by atoms with Crippen LogP contribution in [0.5, 0.6) is 23.0 Å². The predicted molar refractivity (Wildman–Crippen MR) is 185 cm³/mol. The first-order chi connectivity index (χ1) is 24.4. The Morgan fingerprint density at radius 1 is 0.404 bits per heavy atom. The highest BCUT2D eigenvalue weighted by Gasteiger charge is 2.24. The maximum absolute atomic E-state index is 14.4. The Labute approximate surface area is 296 Å². The topological polar surface area (TPSA) is 105 Å². The Morgan fingerprint density at radius 3 is 0.942 bits per heavy atom. The maximum Gasteiger partial charge on any atom is 0.338 e.